The van der Waals surface area contributed by atoms with Crippen LogP contribution in [0.1, 0.15) is 40.0 Å². The number of rotatable bonds is 4. The van der Waals surface area contributed by atoms with E-state index in [2.05, 4.69) is 12.2 Å². The van der Waals surface area contributed by atoms with Crippen LogP contribution in [0.25, 0.3) is 0 Å². The van der Waals surface area contributed by atoms with Gasteiger partial charge in [0.15, 0.2) is 0 Å². The zero-order valence-corrected chi connectivity index (χ0v) is 11.4. The predicted molar refractivity (Wildman–Crippen MR) is 66.8 cm³/mol. The summed E-state index contributed by atoms with van der Waals surface area (Å²) in [5.74, 6) is -0.362. The van der Waals surface area contributed by atoms with Crippen LogP contribution < -0.4 is 10.4 Å². The highest BCUT2D eigenvalue weighted by atomic mass is 16.4. The summed E-state index contributed by atoms with van der Waals surface area (Å²) < 4.78 is 0. The number of carbonyl (C=O) groups excluding carboxylic acids is 2. The van der Waals surface area contributed by atoms with Crippen LogP contribution in [-0.2, 0) is 4.79 Å². The van der Waals surface area contributed by atoms with Crippen molar-refractivity contribution >= 4 is 12.0 Å². The second-order valence-electron chi connectivity index (χ2n) is 5.62. The lowest BCUT2D eigenvalue weighted by Crippen LogP contribution is -2.53. The third-order valence-corrected chi connectivity index (χ3v) is 3.36. The van der Waals surface area contributed by atoms with Crippen LogP contribution in [0.3, 0.4) is 0 Å². The minimum atomic E-state index is -1.21. The standard InChI is InChI=1S/C13H24N2O3/c1-9(2)8-11(12(16)17)14-13(18)15-6-4-10(3)5-7-15/h9-11H,4-8H2,1-3H3,(H,14,18)(H,16,17)/p-1/t11-/m0/s1. The minimum absolute atomic E-state index is 0.203. The number of carbonyl (C=O) groups is 2. The number of carboxylic acid groups (broad SMARTS) is 1. The minimum Gasteiger partial charge on any atom is -0.548 e. The number of urea groups is 1. The maximum absolute atomic E-state index is 11.9. The van der Waals surface area contributed by atoms with E-state index in [1.54, 1.807) is 4.90 Å². The average Bonchev–Trinajstić information content (AvgIpc) is 2.28. The summed E-state index contributed by atoms with van der Waals surface area (Å²) in [6.07, 6.45) is 2.36. The molecule has 1 saturated heterocycles. The Kier molecular flexibility index (Phi) is 5.44. The third kappa shape index (κ3) is 4.55. The van der Waals surface area contributed by atoms with E-state index in [0.717, 1.165) is 12.8 Å². The molecule has 104 valence electrons. The van der Waals surface area contributed by atoms with Gasteiger partial charge in [-0.1, -0.05) is 20.8 Å². The van der Waals surface area contributed by atoms with E-state index in [-0.39, 0.29) is 11.9 Å². The van der Waals surface area contributed by atoms with Crippen LogP contribution in [0, 0.1) is 11.8 Å². The van der Waals surface area contributed by atoms with E-state index >= 15 is 0 Å². The lowest BCUT2D eigenvalue weighted by molar-refractivity contribution is -0.308. The van der Waals surface area contributed by atoms with Crippen molar-refractivity contribution in [2.45, 2.75) is 46.1 Å². The van der Waals surface area contributed by atoms with Gasteiger partial charge >= 0.3 is 6.03 Å². The Balaban J connectivity index is 2.48. The zero-order valence-electron chi connectivity index (χ0n) is 11.4. The van der Waals surface area contributed by atoms with Crippen LogP contribution in [0.4, 0.5) is 4.79 Å². The number of nitrogens with zero attached hydrogens (tertiary/aromatic N) is 1. The topological polar surface area (TPSA) is 72.5 Å². The van der Waals surface area contributed by atoms with Gasteiger partial charge in [0.1, 0.15) is 0 Å². The Bertz CT molecular complexity index is 297. The van der Waals surface area contributed by atoms with Gasteiger partial charge in [0.25, 0.3) is 0 Å². The zero-order chi connectivity index (χ0) is 13.7. The molecule has 1 N–H and O–H groups in total. The van der Waals surface area contributed by atoms with Crippen molar-refractivity contribution in [1.29, 1.82) is 0 Å². The fourth-order valence-corrected chi connectivity index (χ4v) is 2.14. The summed E-state index contributed by atoms with van der Waals surface area (Å²) in [5, 5.41) is 13.5. The van der Waals surface area contributed by atoms with Crippen LogP contribution >= 0.6 is 0 Å². The van der Waals surface area contributed by atoms with Crippen molar-refractivity contribution in [1.82, 2.24) is 10.2 Å². The molecule has 2 amide bonds. The average molecular weight is 255 g/mol. The smallest absolute Gasteiger partial charge is 0.317 e. The molecule has 0 spiro atoms. The Labute approximate surface area is 109 Å². The summed E-state index contributed by atoms with van der Waals surface area (Å²) in [4.78, 5) is 24.6. The Morgan fingerprint density at radius 3 is 2.33 bits per heavy atom. The fourth-order valence-electron chi connectivity index (χ4n) is 2.14. The molecule has 1 fully saturated rings. The molecule has 5 nitrogen and oxygen atoms in total. The number of hydrogen-bond acceptors (Lipinski definition) is 3. The summed E-state index contributed by atoms with van der Waals surface area (Å²) in [7, 11) is 0. The molecule has 0 bridgehead atoms. The summed E-state index contributed by atoms with van der Waals surface area (Å²) in [6, 6.07) is -1.17. The van der Waals surface area contributed by atoms with Gasteiger partial charge in [-0.25, -0.2) is 4.79 Å². The molecule has 1 atom stereocenters. The number of piperidine rings is 1. The predicted octanol–water partition coefficient (Wildman–Crippen LogP) is 0.593. The Morgan fingerprint density at radius 1 is 1.33 bits per heavy atom. The molecule has 1 aliphatic heterocycles. The van der Waals surface area contributed by atoms with Gasteiger partial charge in [-0.3, -0.25) is 0 Å². The first-order chi connectivity index (χ1) is 8.40. The summed E-state index contributed by atoms with van der Waals surface area (Å²) in [6.45, 7) is 7.41. The van der Waals surface area contributed by atoms with Crippen LogP contribution in [0.15, 0.2) is 0 Å². The monoisotopic (exact) mass is 255 g/mol. The van der Waals surface area contributed by atoms with E-state index in [4.69, 9.17) is 0 Å². The van der Waals surface area contributed by atoms with Crippen molar-refractivity contribution < 1.29 is 14.7 Å². The number of likely N-dealkylation sites (tertiary alicyclic amines) is 1. The highest BCUT2D eigenvalue weighted by Gasteiger charge is 2.23. The molecule has 0 aromatic rings. The molecule has 5 heteroatoms. The quantitative estimate of drug-likeness (QED) is 0.799. The van der Waals surface area contributed by atoms with Crippen LogP contribution in [0.5, 0.6) is 0 Å². The van der Waals surface area contributed by atoms with Crippen molar-refractivity contribution in [3.63, 3.8) is 0 Å². The van der Waals surface area contributed by atoms with E-state index in [1.807, 2.05) is 13.8 Å². The lowest BCUT2D eigenvalue weighted by atomic mass is 9.99. The second-order valence-corrected chi connectivity index (χ2v) is 5.62. The number of amides is 2. The Hall–Kier alpha value is -1.26. The van der Waals surface area contributed by atoms with Crippen molar-refractivity contribution in [3.8, 4) is 0 Å². The van der Waals surface area contributed by atoms with Gasteiger partial charge in [-0.05, 0) is 31.1 Å². The molecular formula is C13H23N2O3-. The Morgan fingerprint density at radius 2 is 1.89 bits per heavy atom. The molecule has 1 aliphatic rings. The molecule has 1 rings (SSSR count). The van der Waals surface area contributed by atoms with E-state index in [0.29, 0.717) is 25.4 Å². The van der Waals surface area contributed by atoms with Crippen LogP contribution in [0.2, 0.25) is 0 Å². The van der Waals surface area contributed by atoms with Gasteiger partial charge in [0.05, 0.1) is 12.0 Å². The van der Waals surface area contributed by atoms with Crippen molar-refractivity contribution in [3.05, 3.63) is 0 Å². The molecule has 18 heavy (non-hydrogen) atoms. The van der Waals surface area contributed by atoms with Crippen molar-refractivity contribution in [2.75, 3.05) is 13.1 Å². The molecule has 0 aromatic heterocycles. The third-order valence-electron chi connectivity index (χ3n) is 3.36. The summed E-state index contributed by atoms with van der Waals surface area (Å²) in [5.41, 5.74) is 0. The molecule has 0 saturated carbocycles. The molecule has 0 aliphatic carbocycles. The maximum Gasteiger partial charge on any atom is 0.317 e. The van der Waals surface area contributed by atoms with Gasteiger partial charge in [0, 0.05) is 13.1 Å². The maximum atomic E-state index is 11.9. The first-order valence-electron chi connectivity index (χ1n) is 6.66. The van der Waals surface area contributed by atoms with Gasteiger partial charge in [-0.15, -0.1) is 0 Å². The molecular weight excluding hydrogens is 232 g/mol. The lowest BCUT2D eigenvalue weighted by Gasteiger charge is -2.32. The summed E-state index contributed by atoms with van der Waals surface area (Å²) >= 11 is 0. The number of aliphatic carboxylic acids is 1. The van der Waals surface area contributed by atoms with Gasteiger partial charge < -0.3 is 20.1 Å². The van der Waals surface area contributed by atoms with Crippen molar-refractivity contribution in [2.24, 2.45) is 11.8 Å². The molecule has 0 aromatic carbocycles. The molecule has 0 unspecified atom stereocenters. The number of carboxylic acids is 1. The fraction of sp³-hybridized carbons (Fsp3) is 0.846. The largest absolute Gasteiger partial charge is 0.548 e. The second kappa shape index (κ2) is 6.61. The first kappa shape index (κ1) is 14.8. The SMILES string of the molecule is CC(C)C[C@H](NC(=O)N1CCC(C)CC1)C(=O)[O-]. The van der Waals surface area contributed by atoms with E-state index in [1.165, 1.54) is 0 Å². The molecule has 0 radical (unpaired) electrons. The van der Waals surface area contributed by atoms with Crippen LogP contribution in [-0.4, -0.2) is 36.0 Å². The van der Waals surface area contributed by atoms with E-state index < -0.39 is 12.0 Å². The number of nitrogens with one attached hydrogen (secondary N) is 1. The highest BCUT2D eigenvalue weighted by molar-refractivity contribution is 5.81. The number of hydrogen-bond donors (Lipinski definition) is 1. The van der Waals surface area contributed by atoms with E-state index in [9.17, 15) is 14.7 Å². The van der Waals surface area contributed by atoms with Gasteiger partial charge in [0.2, 0.25) is 0 Å². The first-order valence-corrected chi connectivity index (χ1v) is 6.66. The highest BCUT2D eigenvalue weighted by Crippen LogP contribution is 2.16. The van der Waals surface area contributed by atoms with Gasteiger partial charge in [-0.2, -0.15) is 0 Å². The normalized spacial score (nSPS) is 18.8. The molecule has 1 heterocycles.